The highest BCUT2D eigenvalue weighted by molar-refractivity contribution is 5.92. The number of para-hydroxylation sites is 2. The molecule has 5 nitrogen and oxygen atoms in total. The Kier molecular flexibility index (Phi) is 5.95. The molecule has 1 atom stereocenters. The van der Waals surface area contributed by atoms with Gasteiger partial charge in [-0.1, -0.05) is 42.5 Å². The van der Waals surface area contributed by atoms with E-state index in [2.05, 4.69) is 39.5 Å². The van der Waals surface area contributed by atoms with Gasteiger partial charge in [-0.15, -0.1) is 0 Å². The van der Waals surface area contributed by atoms with Crippen LogP contribution in [0, 0.1) is 5.92 Å². The number of hydrogen-bond acceptors (Lipinski definition) is 3. The van der Waals surface area contributed by atoms with Crippen LogP contribution in [0.15, 0.2) is 89.9 Å². The fourth-order valence-electron chi connectivity index (χ4n) is 3.53. The van der Waals surface area contributed by atoms with Gasteiger partial charge >= 0.3 is 0 Å². The van der Waals surface area contributed by atoms with E-state index in [1.807, 2.05) is 60.7 Å². The summed E-state index contributed by atoms with van der Waals surface area (Å²) >= 11 is 0. The second kappa shape index (κ2) is 9.15. The molecule has 5 heteroatoms. The Morgan fingerprint density at radius 3 is 2.48 bits per heavy atom. The topological polar surface area (TPSA) is 62.9 Å². The molecule has 1 aliphatic rings. The van der Waals surface area contributed by atoms with Crippen LogP contribution in [-0.2, 0) is 0 Å². The zero-order valence-electron chi connectivity index (χ0n) is 16.4. The molecule has 1 heterocycles. The normalized spacial score (nSPS) is 16.6. The standard InChI is InChI=1S/C24H26N4O/c25-24(26-17-19-14-15-28(18-19)21-9-3-1-4-10-21)27-20-8-7-13-23(16-20)29-22-11-5-2-6-12-22/h1-13,16,19H,14-15,17-18H2,(H3,25,26,27). The summed E-state index contributed by atoms with van der Waals surface area (Å²) in [6.07, 6.45) is 1.13. The summed E-state index contributed by atoms with van der Waals surface area (Å²) in [4.78, 5) is 6.97. The monoisotopic (exact) mass is 386 g/mol. The Morgan fingerprint density at radius 2 is 1.69 bits per heavy atom. The summed E-state index contributed by atoms with van der Waals surface area (Å²) in [6, 6.07) is 28.0. The average molecular weight is 386 g/mol. The average Bonchev–Trinajstić information content (AvgIpc) is 3.23. The lowest BCUT2D eigenvalue weighted by Crippen LogP contribution is -2.25. The Balaban J connectivity index is 1.31. The van der Waals surface area contributed by atoms with Crippen LogP contribution in [0.2, 0.25) is 0 Å². The molecule has 0 spiro atoms. The Bertz CT molecular complexity index is 943. The van der Waals surface area contributed by atoms with Crippen LogP contribution in [0.3, 0.4) is 0 Å². The molecule has 0 bridgehead atoms. The Labute approximate surface area is 171 Å². The van der Waals surface area contributed by atoms with Gasteiger partial charge < -0.3 is 20.7 Å². The number of anilines is 2. The number of nitrogens with two attached hydrogens (primary N) is 1. The van der Waals surface area contributed by atoms with Gasteiger partial charge in [0.2, 0.25) is 0 Å². The number of benzene rings is 3. The molecular weight excluding hydrogens is 360 g/mol. The molecule has 1 aliphatic heterocycles. The Hall–Kier alpha value is -3.47. The highest BCUT2D eigenvalue weighted by atomic mass is 16.5. The van der Waals surface area contributed by atoms with E-state index in [4.69, 9.17) is 10.5 Å². The van der Waals surface area contributed by atoms with E-state index in [1.54, 1.807) is 0 Å². The van der Waals surface area contributed by atoms with Crippen molar-refractivity contribution in [3.63, 3.8) is 0 Å². The second-order valence-electron chi connectivity index (χ2n) is 7.23. The second-order valence-corrected chi connectivity index (χ2v) is 7.23. The predicted molar refractivity (Wildman–Crippen MR) is 120 cm³/mol. The molecule has 0 aromatic heterocycles. The molecule has 1 fully saturated rings. The molecule has 1 unspecified atom stereocenters. The number of hydrogen-bond donors (Lipinski definition) is 2. The largest absolute Gasteiger partial charge is 0.457 e. The number of aliphatic imine (C=N–C) groups is 1. The summed E-state index contributed by atoms with van der Waals surface area (Å²) in [5.41, 5.74) is 8.25. The van der Waals surface area contributed by atoms with Crippen molar-refractivity contribution in [3.8, 4) is 11.5 Å². The van der Waals surface area contributed by atoms with Crippen LogP contribution in [-0.4, -0.2) is 25.6 Å². The van der Waals surface area contributed by atoms with Crippen molar-refractivity contribution in [2.45, 2.75) is 6.42 Å². The summed E-state index contributed by atoms with van der Waals surface area (Å²) in [7, 11) is 0. The third-order valence-corrected chi connectivity index (χ3v) is 5.01. The van der Waals surface area contributed by atoms with Crippen LogP contribution in [0.5, 0.6) is 11.5 Å². The SMILES string of the molecule is NC(=NCC1CCN(c2ccccc2)C1)Nc1cccc(Oc2ccccc2)c1. The first-order valence-electron chi connectivity index (χ1n) is 9.96. The highest BCUT2D eigenvalue weighted by Gasteiger charge is 2.22. The van der Waals surface area contributed by atoms with Gasteiger partial charge in [-0.2, -0.15) is 0 Å². The minimum atomic E-state index is 0.431. The maximum Gasteiger partial charge on any atom is 0.193 e. The molecule has 3 aromatic carbocycles. The molecule has 1 saturated heterocycles. The molecule has 0 amide bonds. The quantitative estimate of drug-likeness (QED) is 0.475. The number of nitrogens with zero attached hydrogens (tertiary/aromatic N) is 2. The molecule has 0 radical (unpaired) electrons. The summed E-state index contributed by atoms with van der Waals surface area (Å²) < 4.78 is 5.87. The van der Waals surface area contributed by atoms with E-state index < -0.39 is 0 Å². The molecule has 0 aliphatic carbocycles. The van der Waals surface area contributed by atoms with E-state index in [9.17, 15) is 0 Å². The maximum absolute atomic E-state index is 6.12. The molecule has 3 aromatic rings. The summed E-state index contributed by atoms with van der Waals surface area (Å²) in [5.74, 6) is 2.50. The van der Waals surface area contributed by atoms with Crippen molar-refractivity contribution < 1.29 is 4.74 Å². The van der Waals surface area contributed by atoms with Gasteiger partial charge in [-0.05, 0) is 48.7 Å². The van der Waals surface area contributed by atoms with Gasteiger partial charge in [-0.3, -0.25) is 4.99 Å². The molecule has 148 valence electrons. The minimum Gasteiger partial charge on any atom is -0.457 e. The first-order valence-corrected chi connectivity index (χ1v) is 9.96. The van der Waals surface area contributed by atoms with E-state index in [0.717, 1.165) is 43.2 Å². The van der Waals surface area contributed by atoms with Crippen LogP contribution in [0.4, 0.5) is 11.4 Å². The fraction of sp³-hybridized carbons (Fsp3) is 0.208. The number of nitrogens with one attached hydrogen (secondary N) is 1. The van der Waals surface area contributed by atoms with Crippen molar-refractivity contribution in [3.05, 3.63) is 84.9 Å². The van der Waals surface area contributed by atoms with E-state index in [0.29, 0.717) is 11.9 Å². The van der Waals surface area contributed by atoms with E-state index in [1.165, 1.54) is 5.69 Å². The summed E-state index contributed by atoms with van der Waals surface area (Å²) in [5, 5.41) is 3.17. The van der Waals surface area contributed by atoms with Crippen molar-refractivity contribution >= 4 is 17.3 Å². The first kappa shape index (κ1) is 18.9. The lowest BCUT2D eigenvalue weighted by atomic mass is 10.1. The van der Waals surface area contributed by atoms with Gasteiger partial charge in [-0.25, -0.2) is 0 Å². The predicted octanol–water partition coefficient (Wildman–Crippen LogP) is 4.73. The van der Waals surface area contributed by atoms with Gasteiger partial charge in [0.25, 0.3) is 0 Å². The van der Waals surface area contributed by atoms with Crippen LogP contribution in [0.25, 0.3) is 0 Å². The maximum atomic E-state index is 6.12. The third-order valence-electron chi connectivity index (χ3n) is 5.01. The van der Waals surface area contributed by atoms with Gasteiger partial charge in [0.15, 0.2) is 5.96 Å². The highest BCUT2D eigenvalue weighted by Crippen LogP contribution is 2.25. The summed E-state index contributed by atoms with van der Waals surface area (Å²) in [6.45, 7) is 2.81. The number of ether oxygens (including phenoxy) is 1. The van der Waals surface area contributed by atoms with Gasteiger partial charge in [0.05, 0.1) is 0 Å². The van der Waals surface area contributed by atoms with Crippen LogP contribution >= 0.6 is 0 Å². The van der Waals surface area contributed by atoms with Crippen LogP contribution < -0.4 is 20.7 Å². The lowest BCUT2D eigenvalue weighted by molar-refractivity contribution is 0.483. The zero-order valence-corrected chi connectivity index (χ0v) is 16.4. The van der Waals surface area contributed by atoms with Crippen LogP contribution in [0.1, 0.15) is 6.42 Å². The van der Waals surface area contributed by atoms with Gasteiger partial charge in [0, 0.05) is 37.1 Å². The van der Waals surface area contributed by atoms with E-state index >= 15 is 0 Å². The lowest BCUT2D eigenvalue weighted by Gasteiger charge is -2.18. The smallest absolute Gasteiger partial charge is 0.193 e. The first-order chi connectivity index (χ1) is 14.3. The number of rotatable bonds is 6. The molecule has 4 rings (SSSR count). The third kappa shape index (κ3) is 5.29. The zero-order chi connectivity index (χ0) is 19.9. The molecule has 3 N–H and O–H groups in total. The molecule has 29 heavy (non-hydrogen) atoms. The molecule has 0 saturated carbocycles. The Morgan fingerprint density at radius 1 is 0.966 bits per heavy atom. The number of guanidine groups is 1. The van der Waals surface area contributed by atoms with E-state index in [-0.39, 0.29) is 0 Å². The van der Waals surface area contributed by atoms with Crippen molar-refractivity contribution in [1.29, 1.82) is 0 Å². The minimum absolute atomic E-state index is 0.431. The van der Waals surface area contributed by atoms with Crippen molar-refractivity contribution in [2.75, 3.05) is 29.9 Å². The fourth-order valence-corrected chi connectivity index (χ4v) is 3.53. The van der Waals surface area contributed by atoms with Crippen molar-refractivity contribution in [1.82, 2.24) is 0 Å². The van der Waals surface area contributed by atoms with Crippen molar-refractivity contribution in [2.24, 2.45) is 16.6 Å². The van der Waals surface area contributed by atoms with Gasteiger partial charge in [0.1, 0.15) is 11.5 Å². The molecular formula is C24H26N4O.